The second kappa shape index (κ2) is 45.7. The fourth-order valence-electron chi connectivity index (χ4n) is 17.0. The van der Waals surface area contributed by atoms with Crippen LogP contribution in [0.15, 0.2) is 334 Å². The molecule has 3 N–H and O–H groups in total. The number of hydrogen-bond acceptors (Lipinski definition) is 20. The van der Waals surface area contributed by atoms with Crippen molar-refractivity contribution in [2.75, 3.05) is 59.9 Å². The van der Waals surface area contributed by atoms with Crippen LogP contribution in [0.3, 0.4) is 0 Å². The maximum absolute atomic E-state index is 13.1. The molecule has 0 radical (unpaired) electrons. The first-order chi connectivity index (χ1) is 67.8. The van der Waals surface area contributed by atoms with Crippen molar-refractivity contribution in [1.29, 1.82) is 0 Å². The number of rotatable bonds is 33. The van der Waals surface area contributed by atoms with Crippen LogP contribution in [0.25, 0.3) is 144 Å². The minimum absolute atomic E-state index is 0. The molecule has 8 aromatic heterocycles. The van der Waals surface area contributed by atoms with Gasteiger partial charge in [0.05, 0.1) is 33.7 Å². The number of carboxylic acid groups (broad SMARTS) is 1. The summed E-state index contributed by atoms with van der Waals surface area (Å²) in [7, 11) is 3.86. The predicted molar refractivity (Wildman–Crippen MR) is 594 cm³/mol. The number of hydrogen-bond donors (Lipinski definition) is 3. The monoisotopic (exact) mass is 1940 g/mol. The van der Waals surface area contributed by atoms with Crippen molar-refractivity contribution in [1.82, 2.24) is 10.6 Å². The third-order valence-corrected chi connectivity index (χ3v) is 29.3. The zero-order valence-corrected chi connectivity index (χ0v) is 81.0. The van der Waals surface area contributed by atoms with Crippen molar-refractivity contribution < 1.29 is 32.4 Å². The van der Waals surface area contributed by atoms with Gasteiger partial charge in [0.15, 0.2) is 6.29 Å². The third-order valence-electron chi connectivity index (χ3n) is 24.6. The first-order valence-electron chi connectivity index (χ1n) is 46.1. The second-order valence-electron chi connectivity index (χ2n) is 33.1. The van der Waals surface area contributed by atoms with E-state index in [1.165, 1.54) is 28.7 Å². The van der Waals surface area contributed by atoms with Gasteiger partial charge in [0.1, 0.15) is 22.3 Å². The first-order valence-corrected chi connectivity index (χ1v) is 49.3. The molecule has 0 saturated heterocycles. The second-order valence-corrected chi connectivity index (χ2v) is 37.5. The lowest BCUT2D eigenvalue weighted by molar-refractivity contribution is -0.132. The number of fused-ring (bicyclic) bond motifs is 4. The van der Waals surface area contributed by atoms with Gasteiger partial charge in [-0.25, -0.2) is 24.0 Å². The molecule has 2 unspecified atom stereocenters. The summed E-state index contributed by atoms with van der Waals surface area (Å²) in [6.45, 7) is 23.3. The lowest BCUT2D eigenvalue weighted by Gasteiger charge is -2.26. The molecule has 10 aromatic carbocycles. The van der Waals surface area contributed by atoms with E-state index in [9.17, 15) is 33.9 Å². The van der Waals surface area contributed by atoms with Crippen LogP contribution in [0.4, 0.5) is 45.5 Å². The van der Waals surface area contributed by atoms with Gasteiger partial charge in [-0.05, 0) is 312 Å². The summed E-state index contributed by atoms with van der Waals surface area (Å²) in [5, 5.41) is 19.4. The molecule has 708 valence electrons. The largest absolute Gasteiger partial charge is 0.486 e. The van der Waals surface area contributed by atoms with E-state index in [1.807, 2.05) is 184 Å². The number of nitrogens with one attached hydrogen (secondary N) is 2. The lowest BCUT2D eigenvalue weighted by atomic mass is 10.0. The molecule has 0 amide bonds. The number of thiophene rings is 4. The number of aliphatic carboxylic acids is 1. The average molecular weight is 1940 g/mol. The Morgan fingerprint density at radius 3 is 0.915 bits per heavy atom. The van der Waals surface area contributed by atoms with Crippen LogP contribution < -0.4 is 52.7 Å². The van der Waals surface area contributed by atoms with E-state index in [1.54, 1.807) is 47.0 Å². The number of carboxylic acids is 1. The van der Waals surface area contributed by atoms with Crippen molar-refractivity contribution in [2.45, 2.75) is 81.3 Å². The molecule has 0 aliphatic rings. The van der Waals surface area contributed by atoms with Gasteiger partial charge in [-0.2, -0.15) is 0 Å². The quantitative estimate of drug-likeness (QED) is 0.0151. The molecule has 0 spiro atoms. The molecule has 141 heavy (non-hydrogen) atoms. The molecule has 0 bridgehead atoms. The van der Waals surface area contributed by atoms with Crippen LogP contribution in [-0.4, -0.2) is 57.6 Å². The highest BCUT2D eigenvalue weighted by molar-refractivity contribution is 7.25. The van der Waals surface area contributed by atoms with Crippen LogP contribution in [0.5, 0.6) is 0 Å². The van der Waals surface area contributed by atoms with E-state index >= 15 is 0 Å². The molecule has 0 fully saturated rings. The highest BCUT2D eigenvalue weighted by Gasteiger charge is 2.22. The van der Waals surface area contributed by atoms with Crippen molar-refractivity contribution in [3.63, 3.8) is 0 Å². The SMILES string of the molecule is C.C.CCC(NC)c1ccc2cc(/C=C/c3ccc(N(c4ccc(/C=C/c5cc6ccc(N(CC)CC)cc6oc5=O)cc4)c4ccc(-c5ccc(-c6ccc(C=O)s6)s5)cc4)cc3)c(=O)oc2c1.[C-]#[N+]/C(=C\c1ccc(-c2ccc(-c3ccc(N(c4ccc(/C=C/c5cc6ccc(C(CC)NC)cc6oc5=O)cc4)c4ccc(/C=C/c5cc6ccc(N(CC)CC)cc6oc5=O)cc4)cc3)s2)s1)C(=O)O. The maximum Gasteiger partial charge on any atom is 0.343 e. The molecule has 18 aromatic rings. The third kappa shape index (κ3) is 23.0. The van der Waals surface area contributed by atoms with Crippen molar-refractivity contribution in [3.8, 4) is 40.4 Å². The Bertz CT molecular complexity index is 7660. The summed E-state index contributed by atoms with van der Waals surface area (Å²) in [6, 6.07) is 97.5. The molecule has 0 saturated carbocycles. The summed E-state index contributed by atoms with van der Waals surface area (Å²) in [6.07, 6.45) is 19.0. The Labute approximate surface area is 835 Å². The molecular formula is C119H107N7O11S4. The van der Waals surface area contributed by atoms with E-state index in [0.29, 0.717) is 54.3 Å². The van der Waals surface area contributed by atoms with Gasteiger partial charge in [0, 0.05) is 152 Å². The van der Waals surface area contributed by atoms with E-state index in [-0.39, 0.29) is 43.9 Å². The topological polar surface area (TPSA) is 217 Å². The molecule has 2 atom stereocenters. The van der Waals surface area contributed by atoms with Gasteiger partial charge in [0.25, 0.3) is 5.70 Å². The first kappa shape index (κ1) is 99.8. The molecule has 0 aliphatic heterocycles. The summed E-state index contributed by atoms with van der Waals surface area (Å²) in [5.41, 5.74) is 17.9. The van der Waals surface area contributed by atoms with E-state index in [4.69, 9.17) is 24.2 Å². The number of carbonyl (C=O) groups is 2. The summed E-state index contributed by atoms with van der Waals surface area (Å²) in [5.74, 6) is -1.24. The van der Waals surface area contributed by atoms with Crippen molar-refractivity contribution in [3.05, 3.63) is 415 Å². The van der Waals surface area contributed by atoms with E-state index in [2.05, 4.69) is 222 Å². The maximum atomic E-state index is 13.1. The van der Waals surface area contributed by atoms with Crippen LogP contribution in [0.1, 0.15) is 152 Å². The molecule has 8 heterocycles. The van der Waals surface area contributed by atoms with E-state index < -0.39 is 17.2 Å². The number of aldehydes is 1. The Hall–Kier alpha value is -15.7. The standard InChI is InChI=1S/C60H50N4O6S2.C57H49N3O5S2.2CH4/c1-6-51(61-4)41-17-18-42-33-44(59(67)69-53(42)35-41)15-9-38-11-22-46(23-12-38)64(48-26-19-40(20-27-48)55-31-32-57(72-55)56-30-29-50(71-56)37-52(62-5)58(65)66)47-24-13-39(14-25-47)10-16-45-34-43-21-28-49(63(7-2)8-3)36-54(43)70-60(45)68;1-5-50(58-4)40-16-17-41-32-43(56(62)64-51(41)34-40)14-8-37-10-21-45(22-11-37)60(47-25-18-39(19-26-47)53-30-31-55(67-53)54-29-28-49(36-61)66-54)46-23-12-38(13-24-46)9-15-44-33-42-20-27-48(59(6-2)7-3)35-52(42)65-57(44)63;;/h9-37,51,61H,6-8H2,1-4H3,(H,65,66);8-36,50,58H,5-7H2,1-4H3;2*1H4/b15-9+,16-10+,52-37-;14-8+,15-9+;;. The van der Waals surface area contributed by atoms with Gasteiger partial charge < -0.3 is 53.0 Å². The van der Waals surface area contributed by atoms with Crippen LogP contribution in [-0.2, 0) is 4.79 Å². The Kier molecular flexibility index (Phi) is 32.3. The fourth-order valence-corrected chi connectivity index (χ4v) is 20.9. The summed E-state index contributed by atoms with van der Waals surface area (Å²) >= 11 is 6.28. The zero-order chi connectivity index (χ0) is 96.7. The van der Waals surface area contributed by atoms with Crippen molar-refractivity contribution >= 4 is 202 Å². The van der Waals surface area contributed by atoms with Crippen molar-refractivity contribution in [2.24, 2.45) is 0 Å². The number of nitrogens with zero attached hydrogens (tertiary/aromatic N) is 5. The minimum Gasteiger partial charge on any atom is -0.486 e. The zero-order valence-electron chi connectivity index (χ0n) is 77.8. The number of benzene rings is 10. The molecule has 18 rings (SSSR count). The highest BCUT2D eigenvalue weighted by atomic mass is 32.1. The van der Waals surface area contributed by atoms with Gasteiger partial charge in [-0.3, -0.25) is 9.59 Å². The summed E-state index contributed by atoms with van der Waals surface area (Å²) < 4.78 is 23.1. The van der Waals surface area contributed by atoms with Gasteiger partial charge >= 0.3 is 28.5 Å². The number of anilines is 8. The molecule has 22 heteroatoms. The van der Waals surface area contributed by atoms with Gasteiger partial charge in [-0.15, -0.1) is 45.3 Å². The fraction of sp³-hybridized carbons (Fsp3) is 0.151. The highest BCUT2D eigenvalue weighted by Crippen LogP contribution is 2.44. The molecule has 0 aliphatic carbocycles. The smallest absolute Gasteiger partial charge is 0.343 e. The Balaban J connectivity index is 0.000000211. The normalized spacial score (nSPS) is 12.0. The van der Waals surface area contributed by atoms with Gasteiger partial charge in [-0.1, -0.05) is 150 Å². The molecular weight excluding hydrogens is 1830 g/mol. The van der Waals surface area contributed by atoms with Crippen LogP contribution >= 0.6 is 45.3 Å². The minimum atomic E-state index is -1.24. The average Bonchev–Trinajstić information content (AvgIpc) is 1.72. The summed E-state index contributed by atoms with van der Waals surface area (Å²) in [4.78, 5) is 95.0. The molecule has 18 nitrogen and oxygen atoms in total. The van der Waals surface area contributed by atoms with Gasteiger partial charge in [0.2, 0.25) is 0 Å². The number of carbonyl (C=O) groups excluding carboxylic acids is 1. The van der Waals surface area contributed by atoms with Crippen LogP contribution in [0, 0.1) is 6.57 Å². The predicted octanol–water partition coefficient (Wildman–Crippen LogP) is 30.8. The Morgan fingerprint density at radius 2 is 0.624 bits per heavy atom. The Morgan fingerprint density at radius 1 is 0.348 bits per heavy atom. The lowest BCUT2D eigenvalue weighted by Crippen LogP contribution is -2.21. The van der Waals surface area contributed by atoms with E-state index in [0.717, 1.165) is 186 Å². The van der Waals surface area contributed by atoms with Crippen LogP contribution in [0.2, 0.25) is 0 Å².